The molecule has 0 aliphatic heterocycles. The molecule has 6 nitrogen and oxygen atoms in total. The fourth-order valence-electron chi connectivity index (χ4n) is 3.50. The Morgan fingerprint density at radius 1 is 1.14 bits per heavy atom. The van der Waals surface area contributed by atoms with Gasteiger partial charge < -0.3 is 10.1 Å². The van der Waals surface area contributed by atoms with E-state index in [4.69, 9.17) is 4.74 Å². The highest BCUT2D eigenvalue weighted by Crippen LogP contribution is 2.25. The minimum Gasteiger partial charge on any atom is -0.490 e. The van der Waals surface area contributed by atoms with Gasteiger partial charge in [-0.2, -0.15) is 4.98 Å². The molecule has 1 saturated carbocycles. The van der Waals surface area contributed by atoms with Crippen LogP contribution in [0.1, 0.15) is 37.1 Å². The molecule has 1 amide bonds. The van der Waals surface area contributed by atoms with Gasteiger partial charge >= 0.3 is 5.69 Å². The maximum Gasteiger partial charge on any atom is 0.348 e. The number of hydrogen-bond acceptors (Lipinski definition) is 4. The number of aromatic nitrogens is 2. The quantitative estimate of drug-likeness (QED) is 0.851. The first-order valence-electron chi connectivity index (χ1n) is 9.27. The molecule has 28 heavy (non-hydrogen) atoms. The lowest BCUT2D eigenvalue weighted by atomic mass is 9.93. The van der Waals surface area contributed by atoms with Crippen LogP contribution < -0.4 is 15.7 Å². The van der Waals surface area contributed by atoms with Gasteiger partial charge in [0.25, 0.3) is 0 Å². The van der Waals surface area contributed by atoms with Gasteiger partial charge in [0.2, 0.25) is 5.91 Å². The maximum atomic E-state index is 13.2. The molecule has 1 heterocycles. The van der Waals surface area contributed by atoms with Crippen LogP contribution in [0.4, 0.5) is 8.78 Å². The Kier molecular flexibility index (Phi) is 6.06. The van der Waals surface area contributed by atoms with Gasteiger partial charge in [-0.1, -0.05) is 0 Å². The highest BCUT2D eigenvalue weighted by molar-refractivity contribution is 5.76. The number of amides is 1. The molecule has 8 heteroatoms. The molecule has 0 spiro atoms. The van der Waals surface area contributed by atoms with Crippen molar-refractivity contribution in [1.29, 1.82) is 0 Å². The van der Waals surface area contributed by atoms with Gasteiger partial charge in [0.1, 0.15) is 23.9 Å². The minimum atomic E-state index is -0.674. The van der Waals surface area contributed by atoms with E-state index in [1.165, 1.54) is 4.57 Å². The molecular weight excluding hydrogens is 368 g/mol. The summed E-state index contributed by atoms with van der Waals surface area (Å²) in [5.41, 5.74) is 0.870. The van der Waals surface area contributed by atoms with Crippen molar-refractivity contribution in [2.24, 2.45) is 0 Å². The van der Waals surface area contributed by atoms with Gasteiger partial charge in [0.05, 0.1) is 6.10 Å². The second-order valence-electron chi connectivity index (χ2n) is 7.17. The lowest BCUT2D eigenvalue weighted by Crippen LogP contribution is -2.42. The molecule has 150 valence electrons. The zero-order chi connectivity index (χ0) is 20.3. The topological polar surface area (TPSA) is 73.2 Å². The number of nitrogens with zero attached hydrogens (tertiary/aromatic N) is 2. The van der Waals surface area contributed by atoms with Gasteiger partial charge in [-0.3, -0.25) is 9.36 Å². The first kappa shape index (κ1) is 20.0. The average Bonchev–Trinajstić information content (AvgIpc) is 2.59. The van der Waals surface area contributed by atoms with E-state index in [-0.39, 0.29) is 30.3 Å². The summed E-state index contributed by atoms with van der Waals surface area (Å²) in [5.74, 6) is -1.42. The Bertz CT molecular complexity index is 901. The molecule has 2 aromatic rings. The summed E-state index contributed by atoms with van der Waals surface area (Å²) in [4.78, 5) is 28.1. The maximum absolute atomic E-state index is 13.2. The van der Waals surface area contributed by atoms with E-state index in [9.17, 15) is 18.4 Å². The van der Waals surface area contributed by atoms with Crippen molar-refractivity contribution in [3.63, 3.8) is 0 Å². The molecular formula is C20H23F2N3O3. The fraction of sp³-hybridized carbons (Fsp3) is 0.450. The molecule has 3 rings (SSSR count). The van der Waals surface area contributed by atoms with Gasteiger partial charge in [0, 0.05) is 35.6 Å². The predicted molar refractivity (Wildman–Crippen MR) is 99.1 cm³/mol. The van der Waals surface area contributed by atoms with E-state index in [1.54, 1.807) is 19.9 Å². The van der Waals surface area contributed by atoms with Gasteiger partial charge in [-0.05, 0) is 45.6 Å². The van der Waals surface area contributed by atoms with Crippen molar-refractivity contribution < 1.29 is 18.3 Å². The number of hydrogen-bond donors (Lipinski definition) is 1. The Labute approximate surface area is 161 Å². The van der Waals surface area contributed by atoms with Gasteiger partial charge in [-0.25, -0.2) is 13.6 Å². The average molecular weight is 391 g/mol. The van der Waals surface area contributed by atoms with Crippen molar-refractivity contribution in [2.75, 3.05) is 0 Å². The van der Waals surface area contributed by atoms with Crippen molar-refractivity contribution in [3.05, 3.63) is 57.8 Å². The summed E-state index contributed by atoms with van der Waals surface area (Å²) < 4.78 is 33.5. The number of rotatable bonds is 5. The summed E-state index contributed by atoms with van der Waals surface area (Å²) >= 11 is 0. The molecule has 0 bridgehead atoms. The predicted octanol–water partition coefficient (Wildman–Crippen LogP) is 2.64. The molecule has 0 saturated heterocycles. The lowest BCUT2D eigenvalue weighted by Gasteiger charge is -2.29. The van der Waals surface area contributed by atoms with Crippen molar-refractivity contribution in [2.45, 2.75) is 58.2 Å². The highest BCUT2D eigenvalue weighted by atomic mass is 19.1. The summed E-state index contributed by atoms with van der Waals surface area (Å²) in [6.07, 6.45) is 2.55. The minimum absolute atomic E-state index is 0.0222. The van der Waals surface area contributed by atoms with E-state index < -0.39 is 17.3 Å². The van der Waals surface area contributed by atoms with Crippen molar-refractivity contribution in [1.82, 2.24) is 14.9 Å². The highest BCUT2D eigenvalue weighted by Gasteiger charge is 2.24. The lowest BCUT2D eigenvalue weighted by molar-refractivity contribution is -0.122. The monoisotopic (exact) mass is 391 g/mol. The Morgan fingerprint density at radius 2 is 1.79 bits per heavy atom. The van der Waals surface area contributed by atoms with Crippen molar-refractivity contribution in [3.8, 4) is 5.75 Å². The molecule has 1 fully saturated rings. The summed E-state index contributed by atoms with van der Waals surface area (Å²) in [7, 11) is 0. The Morgan fingerprint density at radius 3 is 2.39 bits per heavy atom. The van der Waals surface area contributed by atoms with E-state index in [0.29, 0.717) is 37.1 Å². The van der Waals surface area contributed by atoms with Gasteiger partial charge in [0.15, 0.2) is 0 Å². The zero-order valence-electron chi connectivity index (χ0n) is 15.9. The van der Waals surface area contributed by atoms with Crippen molar-refractivity contribution >= 4 is 5.91 Å². The third-order valence-electron chi connectivity index (χ3n) is 4.83. The number of ether oxygens (including phenoxy) is 1. The van der Waals surface area contributed by atoms with Crippen LogP contribution in [0, 0.1) is 25.5 Å². The smallest absolute Gasteiger partial charge is 0.348 e. The standard InChI is InChI=1S/C20H23F2N3O3/c1-12-7-13(2)25(20(27)23-12)11-19(26)24-16-3-5-17(6-4-16)28-18-9-14(21)8-15(22)10-18/h7-10,16-17H,3-6,11H2,1-2H3,(H,24,26). The first-order valence-corrected chi connectivity index (χ1v) is 9.27. The number of carbonyl (C=O) groups is 1. The molecule has 1 aliphatic carbocycles. The van der Waals surface area contributed by atoms with Crippen LogP contribution in [0.15, 0.2) is 29.1 Å². The molecule has 0 radical (unpaired) electrons. The largest absolute Gasteiger partial charge is 0.490 e. The number of benzene rings is 1. The Hall–Kier alpha value is -2.77. The molecule has 1 aromatic heterocycles. The number of carbonyl (C=O) groups excluding carboxylic acids is 1. The molecule has 1 N–H and O–H groups in total. The van der Waals surface area contributed by atoms with Crippen LogP contribution in [0.2, 0.25) is 0 Å². The third kappa shape index (κ3) is 5.15. The molecule has 1 aromatic carbocycles. The molecule has 1 aliphatic rings. The zero-order valence-corrected chi connectivity index (χ0v) is 15.9. The molecule has 0 unspecified atom stereocenters. The van der Waals surface area contributed by atoms with E-state index in [0.717, 1.165) is 18.2 Å². The first-order chi connectivity index (χ1) is 13.3. The van der Waals surface area contributed by atoms with E-state index >= 15 is 0 Å². The van der Waals surface area contributed by atoms with E-state index in [2.05, 4.69) is 10.3 Å². The van der Waals surface area contributed by atoms with Crippen LogP contribution in [-0.2, 0) is 11.3 Å². The molecule has 0 atom stereocenters. The normalized spacial score (nSPS) is 19.3. The number of nitrogens with one attached hydrogen (secondary N) is 1. The summed E-state index contributed by atoms with van der Waals surface area (Å²) in [5, 5.41) is 2.94. The van der Waals surface area contributed by atoms with Crippen LogP contribution in [0.5, 0.6) is 5.75 Å². The van der Waals surface area contributed by atoms with Crippen LogP contribution in [-0.4, -0.2) is 27.6 Å². The Balaban J connectivity index is 1.50. The van der Waals surface area contributed by atoms with Gasteiger partial charge in [-0.15, -0.1) is 0 Å². The van der Waals surface area contributed by atoms with Crippen LogP contribution in [0.3, 0.4) is 0 Å². The SMILES string of the molecule is Cc1cc(C)n(CC(=O)NC2CCC(Oc3cc(F)cc(F)c3)CC2)c(=O)n1. The fourth-order valence-corrected chi connectivity index (χ4v) is 3.50. The van der Waals surface area contributed by atoms with E-state index in [1.807, 2.05) is 0 Å². The summed E-state index contributed by atoms with van der Waals surface area (Å²) in [6.45, 7) is 3.43. The number of halogens is 2. The second kappa shape index (κ2) is 8.50. The third-order valence-corrected chi connectivity index (χ3v) is 4.83. The summed E-state index contributed by atoms with van der Waals surface area (Å²) in [6, 6.07) is 4.85. The van der Waals surface area contributed by atoms with Crippen LogP contribution in [0.25, 0.3) is 0 Å². The number of aryl methyl sites for hydroxylation is 2. The van der Waals surface area contributed by atoms with Crippen LogP contribution >= 0.6 is 0 Å². The second-order valence-corrected chi connectivity index (χ2v) is 7.17.